The van der Waals surface area contributed by atoms with Crippen LogP contribution in [0.25, 0.3) is 0 Å². The second-order valence-electron chi connectivity index (χ2n) is 4.60. The van der Waals surface area contributed by atoms with Gasteiger partial charge in [-0.3, -0.25) is 4.79 Å². The van der Waals surface area contributed by atoms with Crippen molar-refractivity contribution in [1.29, 1.82) is 0 Å². The minimum absolute atomic E-state index is 0.0809. The highest BCUT2D eigenvalue weighted by atomic mass is 16.2. The van der Waals surface area contributed by atoms with Gasteiger partial charge in [0.2, 0.25) is 5.91 Å². The number of rotatable bonds is 2. The van der Waals surface area contributed by atoms with Gasteiger partial charge in [0.1, 0.15) is 0 Å². The van der Waals surface area contributed by atoms with Crippen LogP contribution >= 0.6 is 0 Å². The smallest absolute Gasteiger partial charge is 0.246 e. The zero-order chi connectivity index (χ0) is 10.1. The highest BCUT2D eigenvalue weighted by Crippen LogP contribution is 2.35. The first-order valence-corrected chi connectivity index (χ1v) is 4.93. The van der Waals surface area contributed by atoms with Gasteiger partial charge < -0.3 is 4.90 Å². The largest absolute Gasteiger partial charge is 0.336 e. The highest BCUT2D eigenvalue weighted by molar-refractivity contribution is 5.87. The van der Waals surface area contributed by atoms with Crippen molar-refractivity contribution < 1.29 is 4.79 Å². The molecule has 1 aliphatic rings. The summed E-state index contributed by atoms with van der Waals surface area (Å²) in [6.45, 7) is 11.0. The number of hydrogen-bond donors (Lipinski definition) is 0. The Balaban J connectivity index is 2.74. The molecule has 74 valence electrons. The molecule has 0 unspecified atom stereocenters. The zero-order valence-corrected chi connectivity index (χ0v) is 8.84. The van der Waals surface area contributed by atoms with E-state index in [9.17, 15) is 4.79 Å². The van der Waals surface area contributed by atoms with Gasteiger partial charge in [0, 0.05) is 12.6 Å². The molecule has 0 aromatic heterocycles. The molecule has 0 saturated carbocycles. The van der Waals surface area contributed by atoms with Crippen molar-refractivity contribution in [2.45, 2.75) is 39.7 Å². The van der Waals surface area contributed by atoms with Crippen molar-refractivity contribution in [2.75, 3.05) is 6.54 Å². The number of carbonyl (C=O) groups excluding carboxylic acids is 1. The number of amides is 1. The normalized spacial score (nSPS) is 26.1. The topological polar surface area (TPSA) is 20.3 Å². The molecule has 13 heavy (non-hydrogen) atoms. The van der Waals surface area contributed by atoms with Crippen LogP contribution in [0.1, 0.15) is 33.6 Å². The lowest BCUT2D eigenvalue weighted by molar-refractivity contribution is -0.127. The third-order valence-corrected chi connectivity index (χ3v) is 2.76. The minimum atomic E-state index is 0.0809. The van der Waals surface area contributed by atoms with E-state index in [1.165, 1.54) is 6.08 Å². The van der Waals surface area contributed by atoms with E-state index >= 15 is 0 Å². The summed E-state index contributed by atoms with van der Waals surface area (Å²) >= 11 is 0. The van der Waals surface area contributed by atoms with Crippen molar-refractivity contribution in [1.82, 2.24) is 4.90 Å². The predicted octanol–water partition coefficient (Wildman–Crippen LogP) is 2.21. The molecule has 1 amide bonds. The summed E-state index contributed by atoms with van der Waals surface area (Å²) in [7, 11) is 0. The SMILES string of the molecule is C=CC(=O)N1CC(C)(C)C[C@H]1CC. The van der Waals surface area contributed by atoms with Crippen LogP contribution in [0.3, 0.4) is 0 Å². The fourth-order valence-electron chi connectivity index (χ4n) is 2.14. The summed E-state index contributed by atoms with van der Waals surface area (Å²) in [6, 6.07) is 0.417. The van der Waals surface area contributed by atoms with E-state index in [4.69, 9.17) is 0 Å². The van der Waals surface area contributed by atoms with Crippen LogP contribution in [0, 0.1) is 5.41 Å². The second-order valence-corrected chi connectivity index (χ2v) is 4.60. The third kappa shape index (κ3) is 2.11. The zero-order valence-electron chi connectivity index (χ0n) is 8.84. The Bertz CT molecular complexity index is 220. The van der Waals surface area contributed by atoms with Gasteiger partial charge in [-0.25, -0.2) is 0 Å². The molecular formula is C11H19NO. The van der Waals surface area contributed by atoms with E-state index in [0.29, 0.717) is 6.04 Å². The van der Waals surface area contributed by atoms with Crippen molar-refractivity contribution in [3.63, 3.8) is 0 Å². The maximum Gasteiger partial charge on any atom is 0.246 e. The van der Waals surface area contributed by atoms with Crippen LogP contribution in [-0.4, -0.2) is 23.4 Å². The average molecular weight is 181 g/mol. The quantitative estimate of drug-likeness (QED) is 0.598. The second kappa shape index (κ2) is 3.52. The van der Waals surface area contributed by atoms with Gasteiger partial charge in [0.25, 0.3) is 0 Å². The van der Waals surface area contributed by atoms with Gasteiger partial charge >= 0.3 is 0 Å². The molecule has 0 radical (unpaired) electrons. The molecule has 0 aliphatic carbocycles. The van der Waals surface area contributed by atoms with Crippen LogP contribution in [0.4, 0.5) is 0 Å². The monoisotopic (exact) mass is 181 g/mol. The Kier molecular flexibility index (Phi) is 2.79. The van der Waals surface area contributed by atoms with Gasteiger partial charge in [-0.2, -0.15) is 0 Å². The first kappa shape index (κ1) is 10.3. The molecule has 0 aromatic carbocycles. The maximum absolute atomic E-state index is 11.5. The van der Waals surface area contributed by atoms with E-state index in [2.05, 4.69) is 27.4 Å². The van der Waals surface area contributed by atoms with Crippen molar-refractivity contribution in [2.24, 2.45) is 5.41 Å². The molecule has 0 bridgehead atoms. The van der Waals surface area contributed by atoms with Crippen LogP contribution in [0.2, 0.25) is 0 Å². The minimum Gasteiger partial charge on any atom is -0.336 e. The number of carbonyl (C=O) groups is 1. The molecule has 1 atom stereocenters. The lowest BCUT2D eigenvalue weighted by atomic mass is 9.90. The molecule has 2 nitrogen and oxygen atoms in total. The molecular weight excluding hydrogens is 162 g/mol. The molecule has 2 heteroatoms. The van der Waals surface area contributed by atoms with Crippen molar-refractivity contribution in [3.05, 3.63) is 12.7 Å². The summed E-state index contributed by atoms with van der Waals surface area (Å²) in [5.41, 5.74) is 0.277. The summed E-state index contributed by atoms with van der Waals surface area (Å²) in [5, 5.41) is 0. The van der Waals surface area contributed by atoms with Crippen LogP contribution in [-0.2, 0) is 4.79 Å². The fraction of sp³-hybridized carbons (Fsp3) is 0.727. The highest BCUT2D eigenvalue weighted by Gasteiger charge is 2.37. The lowest BCUT2D eigenvalue weighted by Gasteiger charge is -2.22. The van der Waals surface area contributed by atoms with Crippen molar-refractivity contribution in [3.8, 4) is 0 Å². The molecule has 1 heterocycles. The fourth-order valence-corrected chi connectivity index (χ4v) is 2.14. The first-order valence-electron chi connectivity index (χ1n) is 4.93. The predicted molar refractivity (Wildman–Crippen MR) is 54.4 cm³/mol. The molecule has 1 rings (SSSR count). The molecule has 1 fully saturated rings. The molecule has 0 spiro atoms. The average Bonchev–Trinajstić information content (AvgIpc) is 2.39. The summed E-state index contributed by atoms with van der Waals surface area (Å²) in [5.74, 6) is 0.0809. The third-order valence-electron chi connectivity index (χ3n) is 2.76. The van der Waals surface area contributed by atoms with Gasteiger partial charge in [0.15, 0.2) is 0 Å². The van der Waals surface area contributed by atoms with E-state index < -0.39 is 0 Å². The summed E-state index contributed by atoms with van der Waals surface area (Å²) in [6.07, 6.45) is 3.58. The maximum atomic E-state index is 11.5. The van der Waals surface area contributed by atoms with Gasteiger partial charge in [-0.05, 0) is 24.3 Å². The Labute approximate surface area is 80.6 Å². The Morgan fingerprint density at radius 2 is 2.31 bits per heavy atom. The summed E-state index contributed by atoms with van der Waals surface area (Å²) in [4.78, 5) is 13.4. The van der Waals surface area contributed by atoms with E-state index in [1.807, 2.05) is 4.90 Å². The molecule has 0 aromatic rings. The summed E-state index contributed by atoms with van der Waals surface area (Å²) < 4.78 is 0. The van der Waals surface area contributed by atoms with Gasteiger partial charge in [-0.15, -0.1) is 0 Å². The molecule has 0 N–H and O–H groups in total. The number of likely N-dealkylation sites (tertiary alicyclic amines) is 1. The van der Waals surface area contributed by atoms with Crippen molar-refractivity contribution >= 4 is 5.91 Å². The Morgan fingerprint density at radius 1 is 1.69 bits per heavy atom. The van der Waals surface area contributed by atoms with Gasteiger partial charge in [0.05, 0.1) is 0 Å². The lowest BCUT2D eigenvalue weighted by Crippen LogP contribution is -2.34. The molecule has 1 saturated heterocycles. The van der Waals surface area contributed by atoms with Crippen LogP contribution in [0.15, 0.2) is 12.7 Å². The Morgan fingerprint density at radius 3 is 2.77 bits per heavy atom. The first-order chi connectivity index (χ1) is 6.00. The standard InChI is InChI=1S/C11H19NO/c1-5-9-7-11(3,4)8-12(9)10(13)6-2/h6,9H,2,5,7-8H2,1,3-4H3/t9-/m1/s1. The van der Waals surface area contributed by atoms with Crippen LogP contribution in [0.5, 0.6) is 0 Å². The van der Waals surface area contributed by atoms with Gasteiger partial charge in [-0.1, -0.05) is 27.4 Å². The van der Waals surface area contributed by atoms with E-state index in [0.717, 1.165) is 19.4 Å². The van der Waals surface area contributed by atoms with E-state index in [-0.39, 0.29) is 11.3 Å². The molecule has 1 aliphatic heterocycles. The van der Waals surface area contributed by atoms with E-state index in [1.54, 1.807) is 0 Å². The van der Waals surface area contributed by atoms with Crippen LogP contribution < -0.4 is 0 Å². The Hall–Kier alpha value is -0.790. The number of nitrogens with zero attached hydrogens (tertiary/aromatic N) is 1. The number of hydrogen-bond acceptors (Lipinski definition) is 1.